The van der Waals surface area contributed by atoms with Crippen molar-refractivity contribution in [2.24, 2.45) is 0 Å². The topological polar surface area (TPSA) is 131 Å². The standard InChI is InChI=1S/C37H37NO8S/c1-23(44-24(2)40)35(41)38-20-26-5-3-6-29(17-26)30-7-4-8-31(18-30)37-45-32(22-47-33-15-13-28(14-16-33)36(42)43)19-34(46-37)27-11-9-25(21-39)10-12-27/h3-18,23,32,34,37,39H,19-22H2,1-2H3,(H,38,41)(H,42,43)/t23-,32+,34-,37-/m0/s1. The number of carboxylic acids is 1. The molecule has 1 heterocycles. The van der Waals surface area contributed by atoms with Gasteiger partial charge < -0.3 is 29.7 Å². The molecular formula is C37H37NO8S. The van der Waals surface area contributed by atoms with Crippen LogP contribution in [0.4, 0.5) is 0 Å². The van der Waals surface area contributed by atoms with Gasteiger partial charge in [0.1, 0.15) is 0 Å². The summed E-state index contributed by atoms with van der Waals surface area (Å²) in [5, 5.41) is 21.6. The Bertz CT molecular complexity index is 1690. The fraction of sp³-hybridized carbons (Fsp3) is 0.270. The lowest BCUT2D eigenvalue weighted by molar-refractivity contribution is -0.245. The van der Waals surface area contributed by atoms with Crippen molar-refractivity contribution in [2.75, 3.05) is 5.75 Å². The largest absolute Gasteiger partial charge is 0.478 e. The molecule has 10 heteroatoms. The van der Waals surface area contributed by atoms with Crippen LogP contribution >= 0.6 is 11.8 Å². The highest BCUT2D eigenvalue weighted by Gasteiger charge is 2.32. The Labute approximate surface area is 277 Å². The van der Waals surface area contributed by atoms with Crippen LogP contribution in [0.2, 0.25) is 0 Å². The maximum Gasteiger partial charge on any atom is 0.335 e. The molecule has 0 aromatic heterocycles. The van der Waals surface area contributed by atoms with Crippen molar-refractivity contribution in [3.05, 3.63) is 125 Å². The highest BCUT2D eigenvalue weighted by atomic mass is 32.2. The Balaban J connectivity index is 1.33. The highest BCUT2D eigenvalue weighted by Crippen LogP contribution is 2.40. The van der Waals surface area contributed by atoms with Crippen molar-refractivity contribution in [3.8, 4) is 11.1 Å². The van der Waals surface area contributed by atoms with Gasteiger partial charge >= 0.3 is 11.9 Å². The SMILES string of the molecule is CC(=O)O[C@@H](C)C(=O)NCc1cccc(-c2cccc([C@H]3O[C@@H](CSc4ccc(C(=O)O)cc4)C[C@@H](c4ccc(CO)cc4)O3)c2)c1. The number of rotatable bonds is 12. The Hall–Kier alpha value is -4.48. The molecule has 1 amide bonds. The molecule has 4 aromatic carbocycles. The van der Waals surface area contributed by atoms with Crippen molar-refractivity contribution in [1.29, 1.82) is 0 Å². The maximum atomic E-state index is 12.3. The normalized spacial score (nSPS) is 18.2. The molecule has 5 rings (SSSR count). The van der Waals surface area contributed by atoms with Gasteiger partial charge in [-0.25, -0.2) is 4.79 Å². The zero-order chi connectivity index (χ0) is 33.3. The Morgan fingerprint density at radius 1 is 0.894 bits per heavy atom. The van der Waals surface area contributed by atoms with Crippen molar-refractivity contribution in [1.82, 2.24) is 5.32 Å². The number of carbonyl (C=O) groups is 3. The van der Waals surface area contributed by atoms with E-state index >= 15 is 0 Å². The van der Waals surface area contributed by atoms with Gasteiger partial charge in [-0.3, -0.25) is 9.59 Å². The monoisotopic (exact) mass is 655 g/mol. The first-order valence-corrected chi connectivity index (χ1v) is 16.3. The summed E-state index contributed by atoms with van der Waals surface area (Å²) >= 11 is 1.60. The molecule has 3 N–H and O–H groups in total. The summed E-state index contributed by atoms with van der Waals surface area (Å²) in [5.41, 5.74) is 5.71. The fourth-order valence-electron chi connectivity index (χ4n) is 5.27. The molecule has 0 spiro atoms. The minimum absolute atomic E-state index is 0.0365. The van der Waals surface area contributed by atoms with Crippen LogP contribution in [-0.4, -0.2) is 46.0 Å². The molecule has 0 radical (unpaired) electrons. The van der Waals surface area contributed by atoms with E-state index in [1.54, 1.807) is 36.0 Å². The average molecular weight is 656 g/mol. The van der Waals surface area contributed by atoms with E-state index in [0.29, 0.717) is 12.2 Å². The van der Waals surface area contributed by atoms with Gasteiger partial charge in [-0.15, -0.1) is 11.8 Å². The van der Waals surface area contributed by atoms with Crippen LogP contribution in [0.1, 0.15) is 65.3 Å². The lowest BCUT2D eigenvalue weighted by Crippen LogP contribution is -2.35. The number of aliphatic hydroxyl groups is 1. The minimum Gasteiger partial charge on any atom is -0.478 e. The number of esters is 1. The van der Waals surface area contributed by atoms with Crippen molar-refractivity contribution in [3.63, 3.8) is 0 Å². The maximum absolute atomic E-state index is 12.3. The van der Waals surface area contributed by atoms with Crippen LogP contribution in [0.25, 0.3) is 11.1 Å². The van der Waals surface area contributed by atoms with Gasteiger partial charge in [-0.05, 0) is 71.1 Å². The molecule has 244 valence electrons. The van der Waals surface area contributed by atoms with Crippen molar-refractivity contribution < 1.29 is 38.8 Å². The molecule has 4 aromatic rings. The second-order valence-corrected chi connectivity index (χ2v) is 12.4. The van der Waals surface area contributed by atoms with E-state index in [1.165, 1.54) is 13.8 Å². The summed E-state index contributed by atoms with van der Waals surface area (Å²) < 4.78 is 18.0. The lowest BCUT2D eigenvalue weighted by atomic mass is 9.99. The molecular weight excluding hydrogens is 618 g/mol. The number of carbonyl (C=O) groups excluding carboxylic acids is 2. The van der Waals surface area contributed by atoms with Crippen molar-refractivity contribution in [2.45, 2.75) is 62.9 Å². The van der Waals surface area contributed by atoms with Gasteiger partial charge in [0.05, 0.1) is 24.4 Å². The van der Waals surface area contributed by atoms with Crippen LogP contribution in [-0.2, 0) is 37.0 Å². The van der Waals surface area contributed by atoms with E-state index in [9.17, 15) is 24.6 Å². The van der Waals surface area contributed by atoms with E-state index < -0.39 is 24.3 Å². The molecule has 1 fully saturated rings. The number of nitrogens with one attached hydrogen (secondary N) is 1. The van der Waals surface area contributed by atoms with Gasteiger partial charge in [-0.1, -0.05) is 60.7 Å². The Morgan fingerprint density at radius 3 is 2.28 bits per heavy atom. The summed E-state index contributed by atoms with van der Waals surface area (Å²) in [6.07, 6.45) is -1.30. The third kappa shape index (κ3) is 9.30. The summed E-state index contributed by atoms with van der Waals surface area (Å²) in [6, 6.07) is 30.4. The first-order valence-electron chi connectivity index (χ1n) is 15.3. The zero-order valence-electron chi connectivity index (χ0n) is 26.1. The molecule has 1 aliphatic heterocycles. The molecule has 0 aliphatic carbocycles. The van der Waals surface area contributed by atoms with Gasteiger partial charge in [0, 0.05) is 36.1 Å². The number of carboxylic acid groups (broad SMARTS) is 1. The average Bonchev–Trinajstić information content (AvgIpc) is 3.09. The van der Waals surface area contributed by atoms with Gasteiger partial charge in [-0.2, -0.15) is 0 Å². The van der Waals surface area contributed by atoms with Crippen molar-refractivity contribution >= 4 is 29.6 Å². The number of aliphatic hydroxyl groups excluding tert-OH is 1. The minimum atomic E-state index is -0.959. The molecule has 0 bridgehead atoms. The number of ether oxygens (including phenoxy) is 3. The van der Waals surface area contributed by atoms with E-state index in [1.807, 2.05) is 72.8 Å². The quantitative estimate of drug-likeness (QED) is 0.116. The number of aromatic carboxylic acids is 1. The predicted molar refractivity (Wildman–Crippen MR) is 177 cm³/mol. The second kappa shape index (κ2) is 15.9. The third-order valence-electron chi connectivity index (χ3n) is 7.75. The molecule has 1 saturated heterocycles. The zero-order valence-corrected chi connectivity index (χ0v) is 26.9. The number of hydrogen-bond acceptors (Lipinski definition) is 8. The van der Waals surface area contributed by atoms with Crippen LogP contribution in [0.15, 0.2) is 102 Å². The number of amides is 1. The van der Waals surface area contributed by atoms with Gasteiger partial charge in [0.25, 0.3) is 5.91 Å². The molecule has 0 saturated carbocycles. The first kappa shape index (κ1) is 33.9. The Morgan fingerprint density at radius 2 is 1.60 bits per heavy atom. The Kier molecular flexibility index (Phi) is 11.4. The summed E-state index contributed by atoms with van der Waals surface area (Å²) in [7, 11) is 0. The van der Waals surface area contributed by atoms with Crippen LogP contribution in [0.5, 0.6) is 0 Å². The number of hydrogen-bond donors (Lipinski definition) is 3. The summed E-state index contributed by atoms with van der Waals surface area (Å²) in [4.78, 5) is 35.7. The molecule has 4 atom stereocenters. The smallest absolute Gasteiger partial charge is 0.335 e. The third-order valence-corrected chi connectivity index (χ3v) is 8.89. The van der Waals surface area contributed by atoms with E-state index in [0.717, 1.165) is 38.3 Å². The molecule has 1 aliphatic rings. The van der Waals surface area contributed by atoms with Crippen LogP contribution in [0, 0.1) is 0 Å². The first-order chi connectivity index (χ1) is 22.7. The lowest BCUT2D eigenvalue weighted by Gasteiger charge is -2.36. The van der Waals surface area contributed by atoms with Crippen LogP contribution < -0.4 is 5.32 Å². The van der Waals surface area contributed by atoms with Crippen LogP contribution in [0.3, 0.4) is 0 Å². The molecule has 0 unspecified atom stereocenters. The van der Waals surface area contributed by atoms with E-state index in [4.69, 9.17) is 14.2 Å². The fourth-order valence-corrected chi connectivity index (χ4v) is 6.19. The molecule has 47 heavy (non-hydrogen) atoms. The molecule has 9 nitrogen and oxygen atoms in total. The van der Waals surface area contributed by atoms with E-state index in [-0.39, 0.29) is 36.8 Å². The van der Waals surface area contributed by atoms with Gasteiger partial charge in [0.2, 0.25) is 0 Å². The van der Waals surface area contributed by atoms with E-state index in [2.05, 4.69) is 5.32 Å². The highest BCUT2D eigenvalue weighted by molar-refractivity contribution is 7.99. The van der Waals surface area contributed by atoms with Gasteiger partial charge in [0.15, 0.2) is 12.4 Å². The number of thioether (sulfide) groups is 1. The summed E-state index contributed by atoms with van der Waals surface area (Å²) in [6.45, 7) is 3.04. The second-order valence-electron chi connectivity index (χ2n) is 11.3. The predicted octanol–water partition coefficient (Wildman–Crippen LogP) is 6.45. The number of benzene rings is 4. The summed E-state index contributed by atoms with van der Waals surface area (Å²) in [5.74, 6) is -1.20.